The molecule has 1 aromatic carbocycles. The van der Waals surface area contributed by atoms with Crippen molar-refractivity contribution < 1.29 is 9.18 Å². The second-order valence-corrected chi connectivity index (χ2v) is 5.17. The summed E-state index contributed by atoms with van der Waals surface area (Å²) in [5.41, 5.74) is 5.26. The molecule has 0 spiro atoms. The lowest BCUT2D eigenvalue weighted by Crippen LogP contribution is -2.61. The Labute approximate surface area is 112 Å². The van der Waals surface area contributed by atoms with E-state index in [1.165, 1.54) is 6.07 Å². The quantitative estimate of drug-likeness (QED) is 0.810. The molecule has 4 nitrogen and oxygen atoms in total. The number of halogens is 1. The Bertz CT molecular complexity index is 476. The van der Waals surface area contributed by atoms with Gasteiger partial charge in [0.2, 0.25) is 5.91 Å². The number of primary amides is 1. The van der Waals surface area contributed by atoms with Gasteiger partial charge in [0.15, 0.2) is 0 Å². The molecule has 3 N–H and O–H groups in total. The molecule has 1 aromatic rings. The van der Waals surface area contributed by atoms with Gasteiger partial charge in [-0.25, -0.2) is 4.39 Å². The van der Waals surface area contributed by atoms with E-state index in [2.05, 4.69) is 5.32 Å². The molecule has 19 heavy (non-hydrogen) atoms. The zero-order valence-electron chi connectivity index (χ0n) is 11.3. The molecule has 1 unspecified atom stereocenters. The zero-order valence-corrected chi connectivity index (χ0v) is 11.3. The van der Waals surface area contributed by atoms with E-state index in [1.54, 1.807) is 37.2 Å². The highest BCUT2D eigenvalue weighted by molar-refractivity contribution is 5.86. The predicted octanol–water partition coefficient (Wildman–Crippen LogP) is 1.12. The van der Waals surface area contributed by atoms with Crippen molar-refractivity contribution in [3.63, 3.8) is 0 Å². The fourth-order valence-electron chi connectivity index (χ4n) is 2.61. The maximum absolute atomic E-state index is 13.8. The average Bonchev–Trinajstić information content (AvgIpc) is 3.20. The van der Waals surface area contributed by atoms with Crippen LogP contribution < -0.4 is 16.0 Å². The van der Waals surface area contributed by atoms with Gasteiger partial charge in [0.05, 0.1) is 5.69 Å². The van der Waals surface area contributed by atoms with Crippen LogP contribution in [0.2, 0.25) is 0 Å². The standard InChI is InChI=1S/C14H20FN3O/c1-17-14(13(16)19,10-7-8-10)9-18(2)12-6-4-3-5-11(12)15/h3-6,10,17H,7-9H2,1-2H3,(H2,16,19). The smallest absolute Gasteiger partial charge is 0.239 e. The van der Waals surface area contributed by atoms with Crippen LogP contribution in [-0.4, -0.2) is 32.1 Å². The molecule has 5 heteroatoms. The summed E-state index contributed by atoms with van der Waals surface area (Å²) in [6, 6.07) is 6.53. The Hall–Kier alpha value is -1.62. The van der Waals surface area contributed by atoms with Gasteiger partial charge in [0, 0.05) is 13.6 Å². The molecule has 104 valence electrons. The van der Waals surface area contributed by atoms with E-state index in [-0.39, 0.29) is 17.6 Å². The van der Waals surface area contributed by atoms with Gasteiger partial charge in [0.25, 0.3) is 0 Å². The van der Waals surface area contributed by atoms with Gasteiger partial charge < -0.3 is 16.0 Å². The number of benzene rings is 1. The lowest BCUT2D eigenvalue weighted by atomic mass is 9.91. The number of likely N-dealkylation sites (N-methyl/N-ethyl adjacent to an activating group) is 2. The maximum atomic E-state index is 13.8. The van der Waals surface area contributed by atoms with Crippen LogP contribution in [0.5, 0.6) is 0 Å². The number of nitrogens with two attached hydrogens (primary N) is 1. The molecule has 1 aliphatic carbocycles. The summed E-state index contributed by atoms with van der Waals surface area (Å²) in [6.07, 6.45) is 1.96. The van der Waals surface area contributed by atoms with Crippen molar-refractivity contribution in [1.82, 2.24) is 5.32 Å². The van der Waals surface area contributed by atoms with Crippen LogP contribution in [0.25, 0.3) is 0 Å². The first kappa shape index (κ1) is 13.8. The summed E-state index contributed by atoms with van der Waals surface area (Å²) < 4.78 is 13.8. The maximum Gasteiger partial charge on any atom is 0.239 e. The molecule has 0 aliphatic heterocycles. The molecule has 0 saturated heterocycles. The van der Waals surface area contributed by atoms with Crippen LogP contribution >= 0.6 is 0 Å². The molecule has 0 bridgehead atoms. The fourth-order valence-corrected chi connectivity index (χ4v) is 2.61. The second kappa shape index (κ2) is 5.17. The van der Waals surface area contributed by atoms with Crippen LogP contribution in [0.4, 0.5) is 10.1 Å². The predicted molar refractivity (Wildman–Crippen MR) is 73.4 cm³/mol. The van der Waals surface area contributed by atoms with E-state index >= 15 is 0 Å². The third-order valence-electron chi connectivity index (χ3n) is 3.91. The number of nitrogens with zero attached hydrogens (tertiary/aromatic N) is 1. The minimum absolute atomic E-state index is 0.240. The molecular formula is C14H20FN3O. The van der Waals surface area contributed by atoms with Gasteiger partial charge in [-0.15, -0.1) is 0 Å². The topological polar surface area (TPSA) is 58.4 Å². The number of amides is 1. The lowest BCUT2D eigenvalue weighted by Gasteiger charge is -2.35. The van der Waals surface area contributed by atoms with Gasteiger partial charge in [-0.3, -0.25) is 4.79 Å². The normalized spacial score (nSPS) is 17.8. The van der Waals surface area contributed by atoms with E-state index in [0.717, 1.165) is 12.8 Å². The first-order chi connectivity index (χ1) is 9.01. The van der Waals surface area contributed by atoms with Gasteiger partial charge in [-0.2, -0.15) is 0 Å². The molecule has 0 radical (unpaired) electrons. The Morgan fingerprint density at radius 1 is 1.53 bits per heavy atom. The monoisotopic (exact) mass is 265 g/mol. The molecular weight excluding hydrogens is 245 g/mol. The number of hydrogen-bond donors (Lipinski definition) is 2. The highest BCUT2D eigenvalue weighted by Crippen LogP contribution is 2.40. The fraction of sp³-hybridized carbons (Fsp3) is 0.500. The van der Waals surface area contributed by atoms with E-state index in [9.17, 15) is 9.18 Å². The third kappa shape index (κ3) is 2.56. The molecule has 1 amide bonds. The van der Waals surface area contributed by atoms with Crippen LogP contribution in [0.1, 0.15) is 12.8 Å². The number of nitrogens with one attached hydrogen (secondary N) is 1. The van der Waals surface area contributed by atoms with E-state index in [0.29, 0.717) is 12.2 Å². The van der Waals surface area contributed by atoms with Crippen LogP contribution in [0, 0.1) is 11.7 Å². The number of carbonyl (C=O) groups excluding carboxylic acids is 1. The Morgan fingerprint density at radius 2 is 2.16 bits per heavy atom. The molecule has 2 rings (SSSR count). The van der Waals surface area contributed by atoms with Gasteiger partial charge >= 0.3 is 0 Å². The number of anilines is 1. The highest BCUT2D eigenvalue weighted by atomic mass is 19.1. The number of para-hydroxylation sites is 1. The highest BCUT2D eigenvalue weighted by Gasteiger charge is 2.49. The average molecular weight is 265 g/mol. The molecule has 1 atom stereocenters. The third-order valence-corrected chi connectivity index (χ3v) is 3.91. The summed E-state index contributed by atoms with van der Waals surface area (Å²) in [7, 11) is 3.51. The van der Waals surface area contributed by atoms with Crippen molar-refractivity contribution in [2.75, 3.05) is 25.5 Å². The number of carbonyl (C=O) groups is 1. The van der Waals surface area contributed by atoms with Gasteiger partial charge in [0.1, 0.15) is 11.4 Å². The van der Waals surface area contributed by atoms with Crippen LogP contribution in [-0.2, 0) is 4.79 Å². The van der Waals surface area contributed by atoms with Crippen molar-refractivity contribution in [2.45, 2.75) is 18.4 Å². The Kier molecular flexibility index (Phi) is 3.75. The summed E-state index contributed by atoms with van der Waals surface area (Å²) >= 11 is 0. The van der Waals surface area contributed by atoms with Crippen molar-refractivity contribution in [3.05, 3.63) is 30.1 Å². The lowest BCUT2D eigenvalue weighted by molar-refractivity contribution is -0.124. The van der Waals surface area contributed by atoms with Crippen molar-refractivity contribution >= 4 is 11.6 Å². The van der Waals surface area contributed by atoms with Crippen molar-refractivity contribution in [2.24, 2.45) is 11.7 Å². The second-order valence-electron chi connectivity index (χ2n) is 5.17. The Balaban J connectivity index is 2.22. The summed E-state index contributed by atoms with van der Waals surface area (Å²) in [5.74, 6) is -0.430. The van der Waals surface area contributed by atoms with E-state index in [1.807, 2.05) is 0 Å². The van der Waals surface area contributed by atoms with Gasteiger partial charge in [-0.1, -0.05) is 12.1 Å². The number of hydrogen-bond acceptors (Lipinski definition) is 3. The molecule has 0 aromatic heterocycles. The first-order valence-corrected chi connectivity index (χ1v) is 6.45. The summed E-state index contributed by atoms with van der Waals surface area (Å²) in [4.78, 5) is 13.6. The molecule has 1 aliphatic rings. The zero-order chi connectivity index (χ0) is 14.0. The minimum atomic E-state index is -0.781. The number of rotatable bonds is 6. The molecule has 1 saturated carbocycles. The van der Waals surface area contributed by atoms with Crippen molar-refractivity contribution in [3.8, 4) is 0 Å². The van der Waals surface area contributed by atoms with E-state index < -0.39 is 5.54 Å². The minimum Gasteiger partial charge on any atom is -0.370 e. The van der Waals surface area contributed by atoms with Crippen molar-refractivity contribution in [1.29, 1.82) is 0 Å². The van der Waals surface area contributed by atoms with Gasteiger partial charge in [-0.05, 0) is 37.9 Å². The molecule has 0 heterocycles. The largest absolute Gasteiger partial charge is 0.370 e. The van der Waals surface area contributed by atoms with E-state index in [4.69, 9.17) is 5.73 Å². The van der Waals surface area contributed by atoms with Crippen LogP contribution in [0.3, 0.4) is 0 Å². The Morgan fingerprint density at radius 3 is 2.63 bits per heavy atom. The summed E-state index contributed by atoms with van der Waals surface area (Å²) in [6.45, 7) is 0.366. The molecule has 1 fully saturated rings. The SMILES string of the molecule is CNC(CN(C)c1ccccc1F)(C(N)=O)C1CC1. The first-order valence-electron chi connectivity index (χ1n) is 6.45. The summed E-state index contributed by atoms with van der Waals surface area (Å²) in [5, 5.41) is 3.06. The van der Waals surface area contributed by atoms with Crippen LogP contribution in [0.15, 0.2) is 24.3 Å².